The number of benzene rings is 1. The molecule has 0 saturated carbocycles. The highest BCUT2D eigenvalue weighted by atomic mass is 79.9. The number of aromatic nitrogens is 1. The average Bonchev–Trinajstić information content (AvgIpc) is 3.18. The Balaban J connectivity index is 1.98. The third kappa shape index (κ3) is 3.39. The smallest absolute Gasteiger partial charge is 0.266 e. The molecule has 0 radical (unpaired) electrons. The number of nitrogens with one attached hydrogen (secondary N) is 2. The second-order valence-corrected chi connectivity index (χ2v) is 8.55. The number of sulfonamides is 1. The molecule has 1 fully saturated rings. The molecule has 0 aliphatic carbocycles. The summed E-state index contributed by atoms with van der Waals surface area (Å²) in [6.45, 7) is 4.10. The lowest BCUT2D eigenvalue weighted by molar-refractivity contribution is -0.125. The number of nitrogens with zero attached hydrogens (tertiary/aromatic N) is 1. The van der Waals surface area contributed by atoms with Gasteiger partial charge in [-0.25, -0.2) is 13.1 Å². The fourth-order valence-corrected chi connectivity index (χ4v) is 5.05. The molecule has 2 heterocycles. The monoisotopic (exact) mass is 440 g/mol. The molecule has 3 rings (SSSR count). The van der Waals surface area contributed by atoms with Crippen LogP contribution in [0, 0.1) is 0 Å². The molecule has 1 atom stereocenters. The van der Waals surface area contributed by atoms with Crippen LogP contribution < -0.4 is 10.5 Å². The molecule has 2 amide bonds. The molecule has 2 aromatic rings. The van der Waals surface area contributed by atoms with Gasteiger partial charge in [0.1, 0.15) is 10.6 Å². The largest absolute Gasteiger partial charge is 0.364 e. The third-order valence-corrected chi connectivity index (χ3v) is 6.32. The molecule has 4 N–H and O–H groups in total. The predicted molar refractivity (Wildman–Crippen MR) is 100 cm³/mol. The van der Waals surface area contributed by atoms with Gasteiger partial charge in [0.2, 0.25) is 15.9 Å². The number of carbonyl (C=O) groups excluding carboxylic acids is 2. The van der Waals surface area contributed by atoms with Crippen LogP contribution in [0.5, 0.6) is 0 Å². The number of amides is 2. The van der Waals surface area contributed by atoms with Crippen molar-refractivity contribution in [2.75, 3.05) is 13.1 Å². The number of nitrogens with two attached hydrogens (primary N) is 1. The van der Waals surface area contributed by atoms with Gasteiger partial charge in [-0.15, -0.1) is 0 Å². The van der Waals surface area contributed by atoms with Gasteiger partial charge in [-0.05, 0) is 30.7 Å². The van der Waals surface area contributed by atoms with E-state index in [1.807, 2.05) is 0 Å². The normalized spacial score (nSPS) is 17.6. The molecule has 26 heavy (non-hydrogen) atoms. The summed E-state index contributed by atoms with van der Waals surface area (Å²) in [5, 5.41) is 0.359. The van der Waals surface area contributed by atoms with E-state index in [0.717, 1.165) is 0 Å². The molecule has 10 heteroatoms. The van der Waals surface area contributed by atoms with Gasteiger partial charge < -0.3 is 15.6 Å². The van der Waals surface area contributed by atoms with E-state index in [1.54, 1.807) is 18.2 Å². The molecular formula is C16H17BrN4O4S. The summed E-state index contributed by atoms with van der Waals surface area (Å²) in [4.78, 5) is 27.5. The van der Waals surface area contributed by atoms with Crippen LogP contribution in [-0.4, -0.2) is 49.2 Å². The molecule has 1 aromatic heterocycles. The van der Waals surface area contributed by atoms with Crippen LogP contribution in [0.1, 0.15) is 16.9 Å². The van der Waals surface area contributed by atoms with Crippen LogP contribution in [0.2, 0.25) is 0 Å². The Labute approximate surface area is 158 Å². The fourth-order valence-electron chi connectivity index (χ4n) is 3.06. The van der Waals surface area contributed by atoms with Gasteiger partial charge in [0, 0.05) is 34.5 Å². The summed E-state index contributed by atoms with van der Waals surface area (Å²) < 4.78 is 29.2. The highest BCUT2D eigenvalue weighted by Crippen LogP contribution is 2.30. The Morgan fingerprint density at radius 2 is 2.15 bits per heavy atom. The summed E-state index contributed by atoms with van der Waals surface area (Å²) in [6, 6.07) is 4.53. The van der Waals surface area contributed by atoms with Crippen molar-refractivity contribution in [2.45, 2.75) is 17.4 Å². The molecule has 0 unspecified atom stereocenters. The van der Waals surface area contributed by atoms with E-state index in [2.05, 4.69) is 32.2 Å². The van der Waals surface area contributed by atoms with Gasteiger partial charge >= 0.3 is 0 Å². The molecule has 0 bridgehead atoms. The number of halogens is 1. The van der Waals surface area contributed by atoms with E-state index in [1.165, 1.54) is 11.0 Å². The van der Waals surface area contributed by atoms with Crippen LogP contribution >= 0.6 is 15.9 Å². The summed E-state index contributed by atoms with van der Waals surface area (Å²) >= 11 is 3.30. The average molecular weight is 441 g/mol. The van der Waals surface area contributed by atoms with Gasteiger partial charge in [0.25, 0.3) is 5.91 Å². The van der Waals surface area contributed by atoms with Crippen molar-refractivity contribution in [3.8, 4) is 0 Å². The lowest BCUT2D eigenvalue weighted by Crippen LogP contribution is -2.38. The number of fused-ring (bicyclic) bond motifs is 1. The summed E-state index contributed by atoms with van der Waals surface area (Å²) in [7, 11) is -4.04. The molecule has 138 valence electrons. The molecular weight excluding hydrogens is 424 g/mol. The van der Waals surface area contributed by atoms with Crippen molar-refractivity contribution < 1.29 is 18.0 Å². The minimum atomic E-state index is -4.04. The maximum absolute atomic E-state index is 13.0. The summed E-state index contributed by atoms with van der Waals surface area (Å²) in [6.07, 6.45) is 1.66. The first-order valence-electron chi connectivity index (χ1n) is 7.77. The Morgan fingerprint density at radius 1 is 1.42 bits per heavy atom. The number of carbonyl (C=O) groups is 2. The van der Waals surface area contributed by atoms with Crippen LogP contribution in [0.25, 0.3) is 10.9 Å². The number of hydrogen-bond acceptors (Lipinski definition) is 4. The standard InChI is InChI=1S/C16H17BrN4O4S/c1-2-13(22)21-6-5-10(8-21)20-26(24,25)15-11-7-9(17)3-4-12(11)19-14(15)16(18)23/h2-4,7,10,19-20H,1,5-6,8H2,(H2,18,23)/t10-/m1/s1. The SMILES string of the molecule is C=CC(=O)N1CC[C@@H](NS(=O)(=O)c2c(C(N)=O)[nH]c3ccc(Br)cc23)C1. The lowest BCUT2D eigenvalue weighted by Gasteiger charge is -2.15. The molecule has 1 aliphatic heterocycles. The van der Waals surface area contributed by atoms with Crippen LogP contribution in [0.15, 0.2) is 40.2 Å². The van der Waals surface area contributed by atoms with E-state index in [4.69, 9.17) is 5.73 Å². The van der Waals surface area contributed by atoms with Gasteiger partial charge in [0.05, 0.1) is 0 Å². The van der Waals surface area contributed by atoms with E-state index in [9.17, 15) is 18.0 Å². The Hall–Kier alpha value is -2.17. The Kier molecular flexibility index (Phi) is 4.91. The number of rotatable bonds is 5. The van der Waals surface area contributed by atoms with Crippen molar-refractivity contribution >= 4 is 48.7 Å². The number of H-pyrrole nitrogens is 1. The lowest BCUT2D eigenvalue weighted by atomic mass is 10.2. The first-order valence-corrected chi connectivity index (χ1v) is 10.0. The Morgan fingerprint density at radius 3 is 2.81 bits per heavy atom. The van der Waals surface area contributed by atoms with Crippen molar-refractivity contribution in [3.05, 3.63) is 41.0 Å². The minimum Gasteiger partial charge on any atom is -0.364 e. The van der Waals surface area contributed by atoms with Crippen molar-refractivity contribution in [3.63, 3.8) is 0 Å². The molecule has 8 nitrogen and oxygen atoms in total. The second kappa shape index (κ2) is 6.86. The van der Waals surface area contributed by atoms with Crippen molar-refractivity contribution in [1.29, 1.82) is 0 Å². The van der Waals surface area contributed by atoms with E-state index >= 15 is 0 Å². The molecule has 1 saturated heterocycles. The zero-order valence-electron chi connectivity index (χ0n) is 13.7. The highest BCUT2D eigenvalue weighted by molar-refractivity contribution is 9.10. The van der Waals surface area contributed by atoms with E-state index < -0.39 is 22.0 Å². The zero-order valence-corrected chi connectivity index (χ0v) is 16.1. The number of aromatic amines is 1. The highest BCUT2D eigenvalue weighted by Gasteiger charge is 2.32. The van der Waals surface area contributed by atoms with Crippen molar-refractivity contribution in [1.82, 2.24) is 14.6 Å². The van der Waals surface area contributed by atoms with Gasteiger partial charge in [-0.2, -0.15) is 0 Å². The summed E-state index contributed by atoms with van der Waals surface area (Å²) in [5.41, 5.74) is 5.67. The third-order valence-electron chi connectivity index (χ3n) is 4.22. The predicted octanol–water partition coefficient (Wildman–Crippen LogP) is 1.09. The van der Waals surface area contributed by atoms with Gasteiger partial charge in [0.15, 0.2) is 0 Å². The van der Waals surface area contributed by atoms with Gasteiger partial charge in [-0.3, -0.25) is 9.59 Å². The quantitative estimate of drug-likeness (QED) is 0.601. The Bertz CT molecular complexity index is 1010. The van der Waals surface area contributed by atoms with Crippen LogP contribution in [-0.2, 0) is 14.8 Å². The van der Waals surface area contributed by atoms with Crippen LogP contribution in [0.3, 0.4) is 0 Å². The second-order valence-electron chi connectivity index (χ2n) is 5.98. The van der Waals surface area contributed by atoms with E-state index in [-0.39, 0.29) is 23.0 Å². The van der Waals surface area contributed by atoms with Crippen molar-refractivity contribution in [2.24, 2.45) is 5.73 Å². The summed E-state index contributed by atoms with van der Waals surface area (Å²) in [5.74, 6) is -1.12. The van der Waals surface area contributed by atoms with Crippen LogP contribution in [0.4, 0.5) is 0 Å². The molecule has 1 aliphatic rings. The first kappa shape index (κ1) is 18.6. The molecule has 1 aromatic carbocycles. The maximum Gasteiger partial charge on any atom is 0.266 e. The molecule has 0 spiro atoms. The number of likely N-dealkylation sites (tertiary alicyclic amines) is 1. The maximum atomic E-state index is 13.0. The fraction of sp³-hybridized carbons (Fsp3) is 0.250. The number of primary amides is 1. The minimum absolute atomic E-state index is 0.178. The number of hydrogen-bond donors (Lipinski definition) is 3. The topological polar surface area (TPSA) is 125 Å². The van der Waals surface area contributed by atoms with E-state index in [0.29, 0.717) is 28.3 Å². The first-order chi connectivity index (χ1) is 12.2. The van der Waals surface area contributed by atoms with Gasteiger partial charge in [-0.1, -0.05) is 22.5 Å². The zero-order chi connectivity index (χ0) is 19.1.